The zero-order valence-corrected chi connectivity index (χ0v) is 21.5. The van der Waals surface area contributed by atoms with Gasteiger partial charge in [0.05, 0.1) is 30.3 Å². The molecule has 2 N–H and O–H groups in total. The number of thiazole rings is 1. The summed E-state index contributed by atoms with van der Waals surface area (Å²) in [4.78, 5) is 37.1. The first kappa shape index (κ1) is 28.2. The van der Waals surface area contributed by atoms with Gasteiger partial charge in [0.15, 0.2) is 0 Å². The maximum Gasteiger partial charge on any atom is 0.451 e. The Kier molecular flexibility index (Phi) is 8.30. The molecule has 3 aromatic rings. The molecule has 0 spiro atoms. The van der Waals surface area contributed by atoms with Crippen molar-refractivity contribution in [3.8, 4) is 16.3 Å². The normalized spacial score (nSPS) is 16.6. The zero-order chi connectivity index (χ0) is 28.3. The van der Waals surface area contributed by atoms with Gasteiger partial charge in [-0.25, -0.2) is 24.1 Å². The van der Waals surface area contributed by atoms with Gasteiger partial charge in [-0.3, -0.25) is 4.79 Å². The Morgan fingerprint density at radius 2 is 1.97 bits per heavy atom. The quantitative estimate of drug-likeness (QED) is 0.403. The van der Waals surface area contributed by atoms with Gasteiger partial charge in [0.1, 0.15) is 29.3 Å². The Labute approximate surface area is 223 Å². The first-order chi connectivity index (χ1) is 18.4. The van der Waals surface area contributed by atoms with Crippen LogP contribution in [0, 0.1) is 12.7 Å². The van der Waals surface area contributed by atoms with E-state index in [1.807, 2.05) is 0 Å². The molecule has 2 amide bonds. The molecule has 1 fully saturated rings. The number of hydrogen-bond acceptors (Lipinski definition) is 8. The summed E-state index contributed by atoms with van der Waals surface area (Å²) in [5.41, 5.74) is -0.192. The van der Waals surface area contributed by atoms with E-state index in [2.05, 4.69) is 20.3 Å². The van der Waals surface area contributed by atoms with Gasteiger partial charge in [0.25, 0.3) is 5.91 Å². The van der Waals surface area contributed by atoms with Gasteiger partial charge in [0, 0.05) is 35.6 Å². The number of nitrogens with one attached hydrogen (secondary N) is 1. The maximum atomic E-state index is 15.6. The van der Waals surface area contributed by atoms with Crippen LogP contribution in [0.2, 0.25) is 0 Å². The van der Waals surface area contributed by atoms with Gasteiger partial charge >= 0.3 is 12.3 Å². The summed E-state index contributed by atoms with van der Waals surface area (Å²) >= 11 is 1.20. The second-order valence-electron chi connectivity index (χ2n) is 8.67. The van der Waals surface area contributed by atoms with Gasteiger partial charge in [-0.1, -0.05) is 0 Å². The SMILES string of the molecule is Cc1cnc(-c2cc(OC[C@H]3CN(C(=O)O)CCO3)cc(C(=O)NC(C)c3cnc(C(F)(F)F)nc3)c2F)s1. The van der Waals surface area contributed by atoms with E-state index in [0.717, 1.165) is 17.3 Å². The Morgan fingerprint density at radius 1 is 1.26 bits per heavy atom. The first-order valence-corrected chi connectivity index (χ1v) is 12.4. The Balaban J connectivity index is 1.56. The molecule has 3 heterocycles. The van der Waals surface area contributed by atoms with Crippen molar-refractivity contribution < 1.29 is 41.7 Å². The van der Waals surface area contributed by atoms with Crippen LogP contribution >= 0.6 is 11.3 Å². The summed E-state index contributed by atoms with van der Waals surface area (Å²) in [5, 5.41) is 12.1. The number of amides is 2. The number of hydrogen-bond donors (Lipinski definition) is 2. The predicted octanol–water partition coefficient (Wildman–Crippen LogP) is 4.32. The number of carboxylic acid groups (broad SMARTS) is 1. The lowest BCUT2D eigenvalue weighted by Crippen LogP contribution is -2.47. The molecule has 1 aliphatic heterocycles. The van der Waals surface area contributed by atoms with E-state index in [0.29, 0.717) is 5.01 Å². The third kappa shape index (κ3) is 6.78. The van der Waals surface area contributed by atoms with E-state index >= 15 is 4.39 Å². The van der Waals surface area contributed by atoms with E-state index < -0.39 is 42.0 Å². The largest absolute Gasteiger partial charge is 0.491 e. The number of nitrogens with zero attached hydrogens (tertiary/aromatic N) is 4. The second kappa shape index (κ2) is 11.5. The van der Waals surface area contributed by atoms with Gasteiger partial charge < -0.3 is 24.8 Å². The molecule has 2 aromatic heterocycles. The van der Waals surface area contributed by atoms with Crippen molar-refractivity contribution in [3.63, 3.8) is 0 Å². The summed E-state index contributed by atoms with van der Waals surface area (Å²) in [6.07, 6.45) is -2.96. The van der Waals surface area contributed by atoms with Gasteiger partial charge in [-0.15, -0.1) is 11.3 Å². The minimum atomic E-state index is -4.71. The summed E-state index contributed by atoms with van der Waals surface area (Å²) < 4.78 is 65.2. The molecular weight excluding hydrogens is 546 g/mol. The lowest BCUT2D eigenvalue weighted by Gasteiger charge is -2.30. The van der Waals surface area contributed by atoms with Crippen LogP contribution in [0.1, 0.15) is 39.6 Å². The van der Waals surface area contributed by atoms with Gasteiger partial charge in [0.2, 0.25) is 5.82 Å². The number of aromatic nitrogens is 3. The average molecular weight is 570 g/mol. The number of aryl methyl sites for hydroxylation is 1. The van der Waals surface area contributed by atoms with E-state index in [9.17, 15) is 27.9 Å². The fraction of sp³-hybridized carbons (Fsp3) is 0.375. The molecule has 1 aliphatic rings. The number of benzene rings is 1. The van der Waals surface area contributed by atoms with Crippen molar-refractivity contribution in [3.05, 3.63) is 58.4 Å². The van der Waals surface area contributed by atoms with Crippen LogP contribution in [0.5, 0.6) is 5.75 Å². The van der Waals surface area contributed by atoms with Crippen molar-refractivity contribution in [2.75, 3.05) is 26.3 Å². The molecule has 208 valence electrons. The lowest BCUT2D eigenvalue weighted by molar-refractivity contribution is -0.145. The van der Waals surface area contributed by atoms with Crippen molar-refractivity contribution in [2.24, 2.45) is 0 Å². The number of carbonyl (C=O) groups is 2. The second-order valence-corrected chi connectivity index (χ2v) is 9.91. The monoisotopic (exact) mass is 569 g/mol. The molecule has 0 bridgehead atoms. The third-order valence-electron chi connectivity index (χ3n) is 5.76. The molecule has 2 atom stereocenters. The third-order valence-corrected chi connectivity index (χ3v) is 6.71. The molecule has 1 aromatic carbocycles. The number of morpholine rings is 1. The first-order valence-electron chi connectivity index (χ1n) is 11.6. The van der Waals surface area contributed by atoms with Gasteiger partial charge in [-0.2, -0.15) is 13.2 Å². The highest BCUT2D eigenvalue weighted by atomic mass is 32.1. The number of ether oxygens (including phenoxy) is 2. The lowest BCUT2D eigenvalue weighted by atomic mass is 10.1. The number of halogens is 4. The van der Waals surface area contributed by atoms with Gasteiger partial charge in [-0.05, 0) is 26.0 Å². The smallest absolute Gasteiger partial charge is 0.451 e. The van der Waals surface area contributed by atoms with E-state index in [1.165, 1.54) is 35.3 Å². The molecule has 4 rings (SSSR count). The minimum Gasteiger partial charge on any atom is -0.491 e. The molecule has 0 saturated carbocycles. The molecule has 0 radical (unpaired) electrons. The van der Waals surface area contributed by atoms with Crippen LogP contribution in [-0.2, 0) is 10.9 Å². The molecule has 15 heteroatoms. The highest BCUT2D eigenvalue weighted by Gasteiger charge is 2.34. The van der Waals surface area contributed by atoms with Crippen LogP contribution in [0.25, 0.3) is 10.6 Å². The summed E-state index contributed by atoms with van der Waals surface area (Å²) in [7, 11) is 0. The summed E-state index contributed by atoms with van der Waals surface area (Å²) in [6, 6.07) is 1.71. The number of rotatable bonds is 7. The van der Waals surface area contributed by atoms with E-state index in [1.54, 1.807) is 13.1 Å². The number of alkyl halides is 3. The zero-order valence-electron chi connectivity index (χ0n) is 20.7. The molecule has 1 saturated heterocycles. The Morgan fingerprint density at radius 3 is 2.59 bits per heavy atom. The standard InChI is InChI=1S/C24H23F4N5O5S/c1-12-7-29-21(39-12)18-6-15(38-11-16-10-33(23(35)36)3-4-37-16)5-17(19(18)25)20(34)32-13(2)14-8-30-22(31-9-14)24(26,27)28/h5-9,13,16H,3-4,10-11H2,1-2H3,(H,32,34)(H,35,36)/t13?,16-/m1/s1. The average Bonchev–Trinajstić information content (AvgIpc) is 3.33. The maximum absolute atomic E-state index is 15.6. The van der Waals surface area contributed by atoms with Crippen LogP contribution in [0.3, 0.4) is 0 Å². The van der Waals surface area contributed by atoms with Crippen molar-refractivity contribution in [1.29, 1.82) is 0 Å². The van der Waals surface area contributed by atoms with Crippen molar-refractivity contribution in [2.45, 2.75) is 32.2 Å². The molecule has 1 unspecified atom stereocenters. The van der Waals surface area contributed by atoms with Crippen LogP contribution in [-0.4, -0.2) is 69.4 Å². The highest BCUT2D eigenvalue weighted by molar-refractivity contribution is 7.14. The van der Waals surface area contributed by atoms with Crippen molar-refractivity contribution in [1.82, 2.24) is 25.2 Å². The van der Waals surface area contributed by atoms with E-state index in [-0.39, 0.29) is 48.7 Å². The Bertz CT molecular complexity index is 1350. The minimum absolute atomic E-state index is 0.0120. The van der Waals surface area contributed by atoms with E-state index in [4.69, 9.17) is 9.47 Å². The summed E-state index contributed by atoms with van der Waals surface area (Å²) in [6.45, 7) is 3.70. The number of carbonyl (C=O) groups excluding carboxylic acids is 1. The fourth-order valence-electron chi connectivity index (χ4n) is 3.73. The van der Waals surface area contributed by atoms with Crippen LogP contribution in [0.4, 0.5) is 22.4 Å². The Hall–Kier alpha value is -3.85. The predicted molar refractivity (Wildman–Crippen MR) is 130 cm³/mol. The molecular formula is C24H23F4N5O5S. The fourth-order valence-corrected chi connectivity index (χ4v) is 4.50. The molecule has 39 heavy (non-hydrogen) atoms. The van der Waals surface area contributed by atoms with Crippen molar-refractivity contribution >= 4 is 23.3 Å². The van der Waals surface area contributed by atoms with Crippen LogP contribution in [0.15, 0.2) is 30.7 Å². The summed E-state index contributed by atoms with van der Waals surface area (Å²) in [5.74, 6) is -2.93. The molecule has 0 aliphatic carbocycles. The topological polar surface area (TPSA) is 127 Å². The van der Waals surface area contributed by atoms with Crippen LogP contribution < -0.4 is 10.1 Å². The molecule has 10 nitrogen and oxygen atoms in total. The highest BCUT2D eigenvalue weighted by Crippen LogP contribution is 2.33.